The van der Waals surface area contributed by atoms with Crippen molar-refractivity contribution in [3.8, 4) is 5.75 Å². The van der Waals surface area contributed by atoms with Gasteiger partial charge in [0, 0.05) is 19.2 Å². The summed E-state index contributed by atoms with van der Waals surface area (Å²) in [5.74, 6) is -0.691. The molecule has 1 atom stereocenters. The Morgan fingerprint density at radius 1 is 1.60 bits per heavy atom. The van der Waals surface area contributed by atoms with Crippen LogP contribution in [0.25, 0.3) is 0 Å². The molecule has 2 rings (SSSR count). The molecule has 0 radical (unpaired) electrons. The molecule has 1 aromatic carbocycles. The quantitative estimate of drug-likeness (QED) is 0.632. The van der Waals surface area contributed by atoms with Gasteiger partial charge in [-0.25, -0.2) is 0 Å². The molecule has 0 saturated carbocycles. The van der Waals surface area contributed by atoms with Gasteiger partial charge in [-0.15, -0.1) is 0 Å². The van der Waals surface area contributed by atoms with E-state index >= 15 is 0 Å². The van der Waals surface area contributed by atoms with Gasteiger partial charge in [-0.3, -0.25) is 14.9 Å². The largest absolute Gasteiger partial charge is 0.502 e. The maximum atomic E-state index is 12.0. The fourth-order valence-electron chi connectivity index (χ4n) is 2.39. The van der Waals surface area contributed by atoms with Gasteiger partial charge in [0.25, 0.3) is 5.91 Å². The Morgan fingerprint density at radius 2 is 2.35 bits per heavy atom. The van der Waals surface area contributed by atoms with Crippen LogP contribution in [-0.2, 0) is 0 Å². The van der Waals surface area contributed by atoms with Crippen molar-refractivity contribution in [3.05, 3.63) is 33.9 Å². The van der Waals surface area contributed by atoms with Gasteiger partial charge in [-0.05, 0) is 32.0 Å². The summed E-state index contributed by atoms with van der Waals surface area (Å²) < 4.78 is 0. The van der Waals surface area contributed by atoms with E-state index in [1.807, 2.05) is 7.05 Å². The number of carbonyl (C=O) groups excluding carboxylic acids is 1. The average Bonchev–Trinajstić information content (AvgIpc) is 2.81. The SMILES string of the molecule is CN1CCC(CNC(=O)c2cccc([N+](=O)[O-])c2O)C1. The van der Waals surface area contributed by atoms with Gasteiger partial charge in [-0.1, -0.05) is 6.07 Å². The molecule has 20 heavy (non-hydrogen) atoms. The van der Waals surface area contributed by atoms with Crippen molar-refractivity contribution in [2.24, 2.45) is 5.92 Å². The predicted octanol–water partition coefficient (Wildman–Crippen LogP) is 0.982. The maximum absolute atomic E-state index is 12.0. The van der Waals surface area contributed by atoms with Crippen LogP contribution in [-0.4, -0.2) is 47.5 Å². The monoisotopic (exact) mass is 279 g/mol. The van der Waals surface area contributed by atoms with Gasteiger partial charge >= 0.3 is 5.69 Å². The lowest BCUT2D eigenvalue weighted by Crippen LogP contribution is -2.30. The van der Waals surface area contributed by atoms with Crippen molar-refractivity contribution in [1.82, 2.24) is 10.2 Å². The van der Waals surface area contributed by atoms with Crippen molar-refractivity contribution in [2.75, 3.05) is 26.7 Å². The van der Waals surface area contributed by atoms with Crippen LogP contribution in [0.1, 0.15) is 16.8 Å². The minimum atomic E-state index is -0.710. The second kappa shape index (κ2) is 5.87. The number of benzene rings is 1. The van der Waals surface area contributed by atoms with Crippen LogP contribution >= 0.6 is 0 Å². The molecule has 7 heteroatoms. The first-order chi connectivity index (χ1) is 9.49. The molecule has 2 N–H and O–H groups in total. The molecule has 7 nitrogen and oxygen atoms in total. The number of amides is 1. The molecule has 0 spiro atoms. The minimum absolute atomic E-state index is 0.0643. The number of phenols is 1. The number of carbonyl (C=O) groups is 1. The van der Waals surface area contributed by atoms with Crippen LogP contribution in [0.4, 0.5) is 5.69 Å². The van der Waals surface area contributed by atoms with E-state index < -0.39 is 22.3 Å². The molecule has 1 aromatic rings. The zero-order valence-corrected chi connectivity index (χ0v) is 11.2. The third kappa shape index (κ3) is 3.05. The minimum Gasteiger partial charge on any atom is -0.502 e. The van der Waals surface area contributed by atoms with E-state index in [-0.39, 0.29) is 5.56 Å². The van der Waals surface area contributed by atoms with Crippen LogP contribution in [0.2, 0.25) is 0 Å². The van der Waals surface area contributed by atoms with Gasteiger partial charge < -0.3 is 15.3 Å². The summed E-state index contributed by atoms with van der Waals surface area (Å²) in [4.78, 5) is 24.2. The molecule has 1 aliphatic rings. The summed E-state index contributed by atoms with van der Waals surface area (Å²) in [7, 11) is 2.02. The van der Waals surface area contributed by atoms with Crippen LogP contribution in [0.3, 0.4) is 0 Å². The topological polar surface area (TPSA) is 95.7 Å². The first kappa shape index (κ1) is 14.3. The molecule has 1 saturated heterocycles. The highest BCUT2D eigenvalue weighted by Crippen LogP contribution is 2.29. The van der Waals surface area contributed by atoms with Gasteiger partial charge in [0.05, 0.1) is 10.5 Å². The normalized spacial score (nSPS) is 18.9. The highest BCUT2D eigenvalue weighted by molar-refractivity contribution is 5.98. The maximum Gasteiger partial charge on any atom is 0.311 e. The number of nitro groups is 1. The van der Waals surface area contributed by atoms with Crippen LogP contribution in [0, 0.1) is 16.0 Å². The average molecular weight is 279 g/mol. The van der Waals surface area contributed by atoms with Crippen molar-refractivity contribution in [1.29, 1.82) is 0 Å². The lowest BCUT2D eigenvalue weighted by molar-refractivity contribution is -0.385. The fourth-order valence-corrected chi connectivity index (χ4v) is 2.39. The number of likely N-dealkylation sites (tertiary alicyclic amines) is 1. The highest BCUT2D eigenvalue weighted by Gasteiger charge is 2.23. The highest BCUT2D eigenvalue weighted by atomic mass is 16.6. The summed E-state index contributed by atoms with van der Waals surface area (Å²) in [6, 6.07) is 3.92. The number of hydrogen-bond acceptors (Lipinski definition) is 5. The van der Waals surface area contributed by atoms with Crippen molar-refractivity contribution in [3.63, 3.8) is 0 Å². The number of nitro benzene ring substituents is 1. The van der Waals surface area contributed by atoms with Crippen molar-refractivity contribution < 1.29 is 14.8 Å². The lowest BCUT2D eigenvalue weighted by atomic mass is 10.1. The smallest absolute Gasteiger partial charge is 0.311 e. The molecule has 1 heterocycles. The second-order valence-corrected chi connectivity index (χ2v) is 5.06. The fraction of sp³-hybridized carbons (Fsp3) is 0.462. The number of rotatable bonds is 4. The van der Waals surface area contributed by atoms with Gasteiger partial charge in [0.2, 0.25) is 5.75 Å². The Hall–Kier alpha value is -2.15. The number of hydrogen-bond donors (Lipinski definition) is 2. The summed E-state index contributed by atoms with van der Waals surface area (Å²) in [6.45, 7) is 2.43. The summed E-state index contributed by atoms with van der Waals surface area (Å²) in [6.07, 6.45) is 1.01. The molecule has 0 bridgehead atoms. The van der Waals surface area contributed by atoms with Crippen LogP contribution in [0.5, 0.6) is 5.75 Å². The van der Waals surface area contributed by atoms with Crippen LogP contribution in [0.15, 0.2) is 18.2 Å². The number of nitrogens with zero attached hydrogens (tertiary/aromatic N) is 2. The van der Waals surface area contributed by atoms with Gasteiger partial charge in [-0.2, -0.15) is 0 Å². The number of para-hydroxylation sites is 1. The predicted molar refractivity (Wildman–Crippen MR) is 72.7 cm³/mol. The zero-order valence-electron chi connectivity index (χ0n) is 11.2. The van der Waals surface area contributed by atoms with E-state index in [9.17, 15) is 20.0 Å². The Bertz CT molecular complexity index is 532. The molecule has 1 amide bonds. The summed E-state index contributed by atoms with van der Waals surface area (Å²) in [5, 5.41) is 23.2. The van der Waals surface area contributed by atoms with Crippen LogP contribution < -0.4 is 5.32 Å². The Labute approximate surface area is 116 Å². The molecular formula is C13H17N3O4. The first-order valence-electron chi connectivity index (χ1n) is 6.42. The Kier molecular flexibility index (Phi) is 4.19. The van der Waals surface area contributed by atoms with E-state index in [2.05, 4.69) is 10.2 Å². The summed E-state index contributed by atoms with van der Waals surface area (Å²) >= 11 is 0. The van der Waals surface area contributed by atoms with E-state index in [4.69, 9.17) is 0 Å². The molecule has 0 aromatic heterocycles. The molecular weight excluding hydrogens is 262 g/mol. The van der Waals surface area contributed by atoms with Gasteiger partial charge in [0.15, 0.2) is 0 Å². The van der Waals surface area contributed by atoms with Gasteiger partial charge in [0.1, 0.15) is 0 Å². The number of aromatic hydroxyl groups is 1. The summed E-state index contributed by atoms with van der Waals surface area (Å²) in [5.41, 5.74) is -0.524. The molecule has 1 unspecified atom stereocenters. The second-order valence-electron chi connectivity index (χ2n) is 5.06. The molecule has 108 valence electrons. The van der Waals surface area contributed by atoms with E-state index in [0.29, 0.717) is 12.5 Å². The van der Waals surface area contributed by atoms with E-state index in [0.717, 1.165) is 25.6 Å². The Morgan fingerprint density at radius 3 is 2.95 bits per heavy atom. The number of phenolic OH excluding ortho intramolecular Hbond substituents is 1. The molecule has 1 fully saturated rings. The van der Waals surface area contributed by atoms with E-state index in [1.54, 1.807) is 0 Å². The Balaban J connectivity index is 2.02. The zero-order chi connectivity index (χ0) is 14.7. The number of nitrogens with one attached hydrogen (secondary N) is 1. The lowest BCUT2D eigenvalue weighted by Gasteiger charge is -2.12. The molecule has 0 aliphatic carbocycles. The first-order valence-corrected chi connectivity index (χ1v) is 6.42. The van der Waals surface area contributed by atoms with Crippen molar-refractivity contribution in [2.45, 2.75) is 6.42 Å². The standard InChI is InChI=1S/C13H17N3O4/c1-15-6-5-9(8-15)7-14-13(18)10-3-2-4-11(12(10)17)16(19)20/h2-4,9,17H,5-8H2,1H3,(H,14,18). The molecule has 1 aliphatic heterocycles. The van der Waals surface area contributed by atoms with Crippen molar-refractivity contribution >= 4 is 11.6 Å². The van der Waals surface area contributed by atoms with E-state index in [1.165, 1.54) is 12.1 Å². The third-order valence-corrected chi connectivity index (χ3v) is 3.50. The third-order valence-electron chi connectivity index (χ3n) is 3.50.